The zero-order valence-electron chi connectivity index (χ0n) is 17.0. The molecule has 0 radical (unpaired) electrons. The van der Waals surface area contributed by atoms with Crippen LogP contribution >= 0.6 is 11.6 Å². The van der Waals surface area contributed by atoms with Crippen molar-refractivity contribution in [2.45, 2.75) is 13.0 Å². The Morgan fingerprint density at radius 1 is 1.00 bits per heavy atom. The number of anilines is 1. The summed E-state index contributed by atoms with van der Waals surface area (Å²) in [5.41, 5.74) is 2.59. The molecule has 31 heavy (non-hydrogen) atoms. The Labute approximate surface area is 185 Å². The highest BCUT2D eigenvalue weighted by molar-refractivity contribution is 6.51. The largest absolute Gasteiger partial charge is 0.507 e. The molecule has 1 aliphatic heterocycles. The van der Waals surface area contributed by atoms with Gasteiger partial charge >= 0.3 is 0 Å². The van der Waals surface area contributed by atoms with E-state index in [0.717, 1.165) is 11.1 Å². The number of ether oxygens (including phenoxy) is 1. The van der Waals surface area contributed by atoms with Crippen LogP contribution in [0, 0.1) is 6.92 Å². The van der Waals surface area contributed by atoms with Crippen molar-refractivity contribution in [2.75, 3.05) is 12.0 Å². The minimum absolute atomic E-state index is 0.0319. The second-order valence-corrected chi connectivity index (χ2v) is 7.67. The lowest BCUT2D eigenvalue weighted by Gasteiger charge is -2.27. The van der Waals surface area contributed by atoms with Crippen LogP contribution in [0.1, 0.15) is 22.7 Å². The highest BCUT2D eigenvalue weighted by atomic mass is 35.5. The number of hydrogen-bond donors (Lipinski definition) is 1. The molecule has 1 N–H and O–H groups in total. The van der Waals surface area contributed by atoms with Gasteiger partial charge in [-0.2, -0.15) is 0 Å². The van der Waals surface area contributed by atoms with E-state index in [1.807, 2.05) is 31.2 Å². The van der Waals surface area contributed by atoms with Crippen molar-refractivity contribution in [3.05, 3.63) is 100 Å². The molecule has 6 heteroatoms. The molecule has 0 saturated carbocycles. The fourth-order valence-electron chi connectivity index (χ4n) is 3.81. The van der Waals surface area contributed by atoms with Crippen LogP contribution in [0.4, 0.5) is 5.69 Å². The molecule has 1 amide bonds. The van der Waals surface area contributed by atoms with Crippen LogP contribution in [0.3, 0.4) is 0 Å². The Kier molecular flexibility index (Phi) is 5.53. The number of amides is 1. The molecule has 1 unspecified atom stereocenters. The second kappa shape index (κ2) is 8.28. The van der Waals surface area contributed by atoms with Crippen molar-refractivity contribution < 1.29 is 19.4 Å². The zero-order chi connectivity index (χ0) is 22.1. The van der Waals surface area contributed by atoms with Crippen molar-refractivity contribution in [1.29, 1.82) is 0 Å². The fraction of sp³-hybridized carbons (Fsp3) is 0.120. The number of carbonyl (C=O) groups is 2. The van der Waals surface area contributed by atoms with Crippen LogP contribution in [0.25, 0.3) is 5.76 Å². The van der Waals surface area contributed by atoms with Crippen molar-refractivity contribution in [3.63, 3.8) is 0 Å². The number of aliphatic hydroxyl groups is 1. The number of carbonyl (C=O) groups excluding carboxylic acids is 2. The molecule has 0 bridgehead atoms. The topological polar surface area (TPSA) is 66.8 Å². The summed E-state index contributed by atoms with van der Waals surface area (Å²) >= 11 is 5.97. The molecule has 1 heterocycles. The van der Waals surface area contributed by atoms with Gasteiger partial charge < -0.3 is 9.84 Å². The second-order valence-electron chi connectivity index (χ2n) is 7.23. The predicted molar refractivity (Wildman–Crippen MR) is 120 cm³/mol. The van der Waals surface area contributed by atoms with Crippen LogP contribution in [-0.2, 0) is 9.59 Å². The molecule has 1 fully saturated rings. The summed E-state index contributed by atoms with van der Waals surface area (Å²) < 4.78 is 5.30. The van der Waals surface area contributed by atoms with E-state index in [0.29, 0.717) is 22.0 Å². The minimum Gasteiger partial charge on any atom is -0.507 e. The number of hydrogen-bond acceptors (Lipinski definition) is 4. The average molecular weight is 434 g/mol. The Balaban J connectivity index is 1.97. The number of rotatable bonds is 4. The maximum absolute atomic E-state index is 13.2. The first-order valence-electron chi connectivity index (χ1n) is 9.69. The van der Waals surface area contributed by atoms with E-state index in [9.17, 15) is 14.7 Å². The Morgan fingerprint density at radius 3 is 2.39 bits per heavy atom. The third-order valence-electron chi connectivity index (χ3n) is 5.38. The van der Waals surface area contributed by atoms with Gasteiger partial charge in [0.05, 0.1) is 18.7 Å². The average Bonchev–Trinajstić information content (AvgIpc) is 3.04. The number of aliphatic hydroxyl groups excluding tert-OH is 1. The fourth-order valence-corrected chi connectivity index (χ4v) is 3.94. The van der Waals surface area contributed by atoms with Crippen LogP contribution < -0.4 is 9.64 Å². The van der Waals surface area contributed by atoms with E-state index in [-0.39, 0.29) is 11.3 Å². The maximum atomic E-state index is 13.2. The SMILES string of the molecule is COc1cccc(N2C(=O)C(=O)/C(=C(/O)c3ccc(Cl)cc3)C2c2ccccc2C)c1. The molecule has 0 aliphatic carbocycles. The summed E-state index contributed by atoms with van der Waals surface area (Å²) in [6, 6.07) is 20.1. The van der Waals surface area contributed by atoms with Gasteiger partial charge in [0.2, 0.25) is 0 Å². The van der Waals surface area contributed by atoms with Gasteiger partial charge in [0.1, 0.15) is 11.5 Å². The summed E-state index contributed by atoms with van der Waals surface area (Å²) in [6.07, 6.45) is 0. The van der Waals surface area contributed by atoms with Crippen LogP contribution in [0.15, 0.2) is 78.4 Å². The number of ketones is 1. The normalized spacial score (nSPS) is 17.8. The standard InChI is InChI=1S/C25H20ClNO4/c1-15-6-3-4-9-20(15)22-21(23(28)16-10-12-17(26)13-11-16)24(29)25(30)27(22)18-7-5-8-19(14-18)31-2/h3-14,22,28H,1-2H3/b23-21+. The first-order chi connectivity index (χ1) is 14.9. The van der Waals surface area contributed by atoms with Gasteiger partial charge in [0.15, 0.2) is 0 Å². The molecule has 3 aromatic rings. The number of benzene rings is 3. The number of aryl methyl sites for hydroxylation is 1. The van der Waals surface area contributed by atoms with Crippen molar-refractivity contribution in [1.82, 2.24) is 0 Å². The summed E-state index contributed by atoms with van der Waals surface area (Å²) in [7, 11) is 1.53. The van der Waals surface area contributed by atoms with Gasteiger partial charge in [-0.15, -0.1) is 0 Å². The molecule has 1 aliphatic rings. The molecular formula is C25H20ClNO4. The van der Waals surface area contributed by atoms with Gasteiger partial charge in [0.25, 0.3) is 11.7 Å². The van der Waals surface area contributed by atoms with E-state index in [1.54, 1.807) is 48.5 Å². The molecule has 4 rings (SSSR count). The highest BCUT2D eigenvalue weighted by Gasteiger charge is 2.47. The molecule has 1 saturated heterocycles. The molecule has 5 nitrogen and oxygen atoms in total. The van der Waals surface area contributed by atoms with Crippen molar-refractivity contribution in [2.24, 2.45) is 0 Å². The molecule has 3 aromatic carbocycles. The predicted octanol–water partition coefficient (Wildman–Crippen LogP) is 5.28. The lowest BCUT2D eigenvalue weighted by Crippen LogP contribution is -2.29. The van der Waals surface area contributed by atoms with Crippen molar-refractivity contribution in [3.8, 4) is 5.75 Å². The van der Waals surface area contributed by atoms with Gasteiger partial charge in [-0.1, -0.05) is 41.9 Å². The summed E-state index contributed by atoms with van der Waals surface area (Å²) in [5, 5.41) is 11.6. The Bertz CT molecular complexity index is 1200. The van der Waals surface area contributed by atoms with Crippen LogP contribution in [0.2, 0.25) is 5.02 Å². The monoisotopic (exact) mass is 433 g/mol. The van der Waals surface area contributed by atoms with E-state index in [2.05, 4.69) is 0 Å². The zero-order valence-corrected chi connectivity index (χ0v) is 17.8. The molecule has 1 atom stereocenters. The van der Waals surface area contributed by atoms with Gasteiger partial charge in [0, 0.05) is 22.3 Å². The van der Waals surface area contributed by atoms with Crippen molar-refractivity contribution >= 4 is 34.7 Å². The highest BCUT2D eigenvalue weighted by Crippen LogP contribution is 2.43. The Morgan fingerprint density at radius 2 is 1.71 bits per heavy atom. The third-order valence-corrected chi connectivity index (χ3v) is 5.63. The Hall–Kier alpha value is -3.57. The first kappa shape index (κ1) is 20.7. The van der Waals surface area contributed by atoms with E-state index >= 15 is 0 Å². The molecular weight excluding hydrogens is 414 g/mol. The quantitative estimate of drug-likeness (QED) is 0.345. The van der Waals surface area contributed by atoms with E-state index in [4.69, 9.17) is 16.3 Å². The summed E-state index contributed by atoms with van der Waals surface area (Å²) in [4.78, 5) is 27.7. The number of methoxy groups -OCH3 is 1. The summed E-state index contributed by atoms with van der Waals surface area (Å²) in [5.74, 6) is -1.14. The first-order valence-corrected chi connectivity index (χ1v) is 10.1. The number of halogens is 1. The van der Waals surface area contributed by atoms with Crippen LogP contribution in [-0.4, -0.2) is 23.9 Å². The van der Waals surface area contributed by atoms with Crippen LogP contribution in [0.5, 0.6) is 5.75 Å². The van der Waals surface area contributed by atoms with Gasteiger partial charge in [-0.25, -0.2) is 0 Å². The molecule has 156 valence electrons. The smallest absolute Gasteiger partial charge is 0.300 e. The van der Waals surface area contributed by atoms with Gasteiger partial charge in [-0.3, -0.25) is 14.5 Å². The van der Waals surface area contributed by atoms with E-state index < -0.39 is 17.7 Å². The number of nitrogens with zero attached hydrogens (tertiary/aromatic N) is 1. The molecule has 0 aromatic heterocycles. The minimum atomic E-state index is -0.788. The van der Waals surface area contributed by atoms with E-state index in [1.165, 1.54) is 12.0 Å². The maximum Gasteiger partial charge on any atom is 0.300 e. The van der Waals surface area contributed by atoms with Gasteiger partial charge in [-0.05, 0) is 54.4 Å². The lowest BCUT2D eigenvalue weighted by atomic mass is 9.92. The third kappa shape index (κ3) is 3.68. The molecule has 0 spiro atoms. The lowest BCUT2D eigenvalue weighted by molar-refractivity contribution is -0.132. The summed E-state index contributed by atoms with van der Waals surface area (Å²) in [6.45, 7) is 1.91. The number of Topliss-reactive ketones (excluding diaryl/α,β-unsaturated/α-hetero) is 1.